The van der Waals surface area contributed by atoms with Gasteiger partial charge < -0.3 is 0 Å². The maximum Gasteiger partial charge on any atom is 0.143 e. The van der Waals surface area contributed by atoms with Crippen molar-refractivity contribution in [2.45, 2.75) is 19.8 Å². The average molecular weight is 188 g/mol. The van der Waals surface area contributed by atoms with Gasteiger partial charge in [-0.1, -0.05) is 25.5 Å². The standard InChI is InChI=1S/C10H12N4/c1-2-4-9-5-3-6-10(7-9)14-8-11-12-13-14/h3,5-8H,2,4H2,1H3. The number of nitrogens with zero attached hydrogens (tertiary/aromatic N) is 4. The smallest absolute Gasteiger partial charge is 0.143 e. The minimum atomic E-state index is 1.01. The molecule has 1 aromatic heterocycles. The molecule has 0 atom stereocenters. The molecule has 0 aliphatic rings. The summed E-state index contributed by atoms with van der Waals surface area (Å²) in [4.78, 5) is 0. The van der Waals surface area contributed by atoms with E-state index < -0.39 is 0 Å². The molecule has 0 saturated heterocycles. The van der Waals surface area contributed by atoms with Crippen LogP contribution in [-0.4, -0.2) is 20.2 Å². The molecule has 4 heteroatoms. The lowest BCUT2D eigenvalue weighted by Crippen LogP contribution is -1.96. The molecule has 72 valence electrons. The summed E-state index contributed by atoms with van der Waals surface area (Å²) in [5, 5.41) is 11.1. The lowest BCUT2D eigenvalue weighted by atomic mass is 10.1. The van der Waals surface area contributed by atoms with Crippen molar-refractivity contribution >= 4 is 0 Å². The number of hydrogen-bond acceptors (Lipinski definition) is 3. The highest BCUT2D eigenvalue weighted by atomic mass is 15.5. The first-order valence-corrected chi connectivity index (χ1v) is 4.72. The van der Waals surface area contributed by atoms with Crippen LogP contribution in [0.25, 0.3) is 5.69 Å². The predicted octanol–water partition coefficient (Wildman–Crippen LogP) is 1.61. The van der Waals surface area contributed by atoms with E-state index in [-0.39, 0.29) is 0 Å². The molecule has 1 heterocycles. The van der Waals surface area contributed by atoms with Gasteiger partial charge in [0.2, 0.25) is 0 Å². The van der Waals surface area contributed by atoms with Crippen LogP contribution < -0.4 is 0 Å². The van der Waals surface area contributed by atoms with Crippen LogP contribution in [0.4, 0.5) is 0 Å². The highest BCUT2D eigenvalue weighted by Gasteiger charge is 1.98. The van der Waals surface area contributed by atoms with Crippen molar-refractivity contribution in [1.29, 1.82) is 0 Å². The van der Waals surface area contributed by atoms with Crippen molar-refractivity contribution in [2.75, 3.05) is 0 Å². The summed E-state index contributed by atoms with van der Waals surface area (Å²) in [7, 11) is 0. The molecular formula is C10H12N4. The molecule has 14 heavy (non-hydrogen) atoms. The van der Waals surface area contributed by atoms with Crippen molar-refractivity contribution in [1.82, 2.24) is 20.2 Å². The SMILES string of the molecule is CCCc1cccc(-n2cnnn2)c1. The Bertz CT molecular complexity index is 394. The van der Waals surface area contributed by atoms with E-state index >= 15 is 0 Å². The number of tetrazole rings is 1. The molecule has 0 bridgehead atoms. The monoisotopic (exact) mass is 188 g/mol. The second kappa shape index (κ2) is 4.00. The molecule has 0 radical (unpaired) electrons. The van der Waals surface area contributed by atoms with E-state index in [0.29, 0.717) is 0 Å². The Labute approximate surface area is 82.6 Å². The maximum absolute atomic E-state index is 3.84. The number of aromatic nitrogens is 4. The van der Waals surface area contributed by atoms with Crippen molar-refractivity contribution in [3.05, 3.63) is 36.2 Å². The molecule has 0 spiro atoms. The Balaban J connectivity index is 2.31. The number of rotatable bonds is 3. The fraction of sp³-hybridized carbons (Fsp3) is 0.300. The first-order valence-electron chi connectivity index (χ1n) is 4.72. The van der Waals surface area contributed by atoms with Crippen LogP contribution >= 0.6 is 0 Å². The van der Waals surface area contributed by atoms with Crippen LogP contribution in [0.2, 0.25) is 0 Å². The summed E-state index contributed by atoms with van der Waals surface area (Å²) in [5.41, 5.74) is 2.33. The van der Waals surface area contributed by atoms with E-state index in [9.17, 15) is 0 Å². The zero-order valence-corrected chi connectivity index (χ0v) is 8.09. The van der Waals surface area contributed by atoms with E-state index in [2.05, 4.69) is 34.6 Å². The third-order valence-electron chi connectivity index (χ3n) is 2.06. The van der Waals surface area contributed by atoms with Gasteiger partial charge in [-0.25, -0.2) is 4.68 Å². The van der Waals surface area contributed by atoms with Gasteiger partial charge in [0.1, 0.15) is 6.33 Å². The summed E-state index contributed by atoms with van der Waals surface area (Å²) in [6, 6.07) is 8.26. The van der Waals surface area contributed by atoms with Crippen LogP contribution in [0.15, 0.2) is 30.6 Å². The molecule has 0 saturated carbocycles. The van der Waals surface area contributed by atoms with Crippen LogP contribution in [0, 0.1) is 0 Å². The minimum Gasteiger partial charge on any atom is -0.201 e. The van der Waals surface area contributed by atoms with Crippen LogP contribution in [0.1, 0.15) is 18.9 Å². The van der Waals surface area contributed by atoms with E-state index in [0.717, 1.165) is 18.5 Å². The molecule has 0 amide bonds. The lowest BCUT2D eigenvalue weighted by Gasteiger charge is -2.02. The molecule has 0 aliphatic heterocycles. The Morgan fingerprint density at radius 2 is 2.29 bits per heavy atom. The second-order valence-corrected chi connectivity index (χ2v) is 3.17. The topological polar surface area (TPSA) is 43.6 Å². The van der Waals surface area contributed by atoms with Crippen molar-refractivity contribution in [2.24, 2.45) is 0 Å². The van der Waals surface area contributed by atoms with Gasteiger partial charge in [0.15, 0.2) is 0 Å². The molecule has 4 nitrogen and oxygen atoms in total. The first-order chi connectivity index (χ1) is 6.90. The summed E-state index contributed by atoms with van der Waals surface area (Å²) >= 11 is 0. The Morgan fingerprint density at radius 3 is 3.00 bits per heavy atom. The number of aryl methyl sites for hydroxylation is 1. The summed E-state index contributed by atoms with van der Waals surface area (Å²) in [5.74, 6) is 0. The molecule has 0 N–H and O–H groups in total. The molecule has 0 fully saturated rings. The fourth-order valence-corrected chi connectivity index (χ4v) is 1.42. The van der Waals surface area contributed by atoms with Gasteiger partial charge in [0.25, 0.3) is 0 Å². The number of hydrogen-bond donors (Lipinski definition) is 0. The fourth-order valence-electron chi connectivity index (χ4n) is 1.42. The van der Waals surface area contributed by atoms with Crippen molar-refractivity contribution in [3.8, 4) is 5.69 Å². The van der Waals surface area contributed by atoms with Gasteiger partial charge in [-0.05, 0) is 34.5 Å². The first kappa shape index (κ1) is 8.87. The Kier molecular flexibility index (Phi) is 2.53. The third-order valence-corrected chi connectivity index (χ3v) is 2.06. The van der Waals surface area contributed by atoms with Crippen LogP contribution in [-0.2, 0) is 6.42 Å². The molecular weight excluding hydrogens is 176 g/mol. The van der Waals surface area contributed by atoms with E-state index in [1.54, 1.807) is 11.0 Å². The van der Waals surface area contributed by atoms with E-state index in [1.807, 2.05) is 12.1 Å². The molecule has 0 aliphatic carbocycles. The van der Waals surface area contributed by atoms with E-state index in [1.165, 1.54) is 5.56 Å². The second-order valence-electron chi connectivity index (χ2n) is 3.17. The quantitative estimate of drug-likeness (QED) is 0.735. The van der Waals surface area contributed by atoms with Gasteiger partial charge >= 0.3 is 0 Å². The van der Waals surface area contributed by atoms with Crippen LogP contribution in [0.3, 0.4) is 0 Å². The van der Waals surface area contributed by atoms with E-state index in [4.69, 9.17) is 0 Å². The minimum absolute atomic E-state index is 1.01. The van der Waals surface area contributed by atoms with Gasteiger partial charge in [-0.15, -0.1) is 5.10 Å². The highest BCUT2D eigenvalue weighted by Crippen LogP contribution is 2.10. The zero-order chi connectivity index (χ0) is 9.80. The summed E-state index contributed by atoms with van der Waals surface area (Å²) in [6.07, 6.45) is 3.85. The number of benzene rings is 1. The Morgan fingerprint density at radius 1 is 1.36 bits per heavy atom. The zero-order valence-electron chi connectivity index (χ0n) is 8.09. The summed E-state index contributed by atoms with van der Waals surface area (Å²) in [6.45, 7) is 2.17. The van der Waals surface area contributed by atoms with Gasteiger partial charge in [0, 0.05) is 0 Å². The molecule has 2 aromatic rings. The molecule has 0 unspecified atom stereocenters. The third kappa shape index (κ3) is 1.79. The van der Waals surface area contributed by atoms with Crippen molar-refractivity contribution < 1.29 is 0 Å². The summed E-state index contributed by atoms with van der Waals surface area (Å²) < 4.78 is 1.67. The normalized spacial score (nSPS) is 10.4. The van der Waals surface area contributed by atoms with Gasteiger partial charge in [-0.3, -0.25) is 0 Å². The maximum atomic E-state index is 3.84. The van der Waals surface area contributed by atoms with Gasteiger partial charge in [0.05, 0.1) is 5.69 Å². The van der Waals surface area contributed by atoms with Gasteiger partial charge in [-0.2, -0.15) is 0 Å². The average Bonchev–Trinajstić information content (AvgIpc) is 2.71. The lowest BCUT2D eigenvalue weighted by molar-refractivity contribution is 0.786. The highest BCUT2D eigenvalue weighted by molar-refractivity contribution is 5.34. The predicted molar refractivity (Wildman–Crippen MR) is 53.1 cm³/mol. The molecule has 1 aromatic carbocycles. The largest absolute Gasteiger partial charge is 0.201 e. The van der Waals surface area contributed by atoms with Crippen molar-refractivity contribution in [3.63, 3.8) is 0 Å². The van der Waals surface area contributed by atoms with Crippen LogP contribution in [0.5, 0.6) is 0 Å². The Hall–Kier alpha value is -1.71. The molecule has 2 rings (SSSR count).